The van der Waals surface area contributed by atoms with Crippen molar-refractivity contribution in [3.05, 3.63) is 34.9 Å². The molecule has 0 spiro atoms. The highest BCUT2D eigenvalue weighted by molar-refractivity contribution is 5.74. The van der Waals surface area contributed by atoms with Gasteiger partial charge in [-0.2, -0.15) is 0 Å². The van der Waals surface area contributed by atoms with Gasteiger partial charge in [0, 0.05) is 19.0 Å². The van der Waals surface area contributed by atoms with Gasteiger partial charge in [0.25, 0.3) is 0 Å². The van der Waals surface area contributed by atoms with E-state index in [4.69, 9.17) is 5.73 Å². The molecule has 0 heterocycles. The van der Waals surface area contributed by atoms with Crippen molar-refractivity contribution >= 4 is 5.91 Å². The van der Waals surface area contributed by atoms with E-state index in [1.807, 2.05) is 0 Å². The maximum Gasteiger partial charge on any atom is 0.218 e. The lowest BCUT2D eigenvalue weighted by molar-refractivity contribution is -0.118. The number of benzene rings is 1. The van der Waals surface area contributed by atoms with Crippen LogP contribution in [0.25, 0.3) is 0 Å². The number of rotatable bonds is 6. The number of carbonyl (C=O) groups is 1. The third kappa shape index (κ3) is 4.85. The van der Waals surface area contributed by atoms with Gasteiger partial charge in [0.15, 0.2) is 0 Å². The molecule has 3 heteroatoms. The van der Waals surface area contributed by atoms with Gasteiger partial charge in [-0.15, -0.1) is 0 Å². The summed E-state index contributed by atoms with van der Waals surface area (Å²) in [5, 5.41) is 3.60. The van der Waals surface area contributed by atoms with Crippen LogP contribution >= 0.6 is 0 Å². The van der Waals surface area contributed by atoms with Crippen LogP contribution in [0.4, 0.5) is 0 Å². The molecular formula is C18H28N2O. The Hall–Kier alpha value is -1.35. The molecule has 0 unspecified atom stereocenters. The van der Waals surface area contributed by atoms with E-state index in [9.17, 15) is 4.79 Å². The Morgan fingerprint density at radius 1 is 1.29 bits per heavy atom. The Morgan fingerprint density at radius 2 is 2.00 bits per heavy atom. The number of primary amides is 1. The third-order valence-corrected chi connectivity index (χ3v) is 4.69. The van der Waals surface area contributed by atoms with Crippen molar-refractivity contribution < 1.29 is 4.79 Å². The SMILES string of the molecule is Cc1ccc(CN[C@@H](CC(N)=O)C2CCCCC2)c(C)c1. The van der Waals surface area contributed by atoms with Gasteiger partial charge in [-0.05, 0) is 43.7 Å². The highest BCUT2D eigenvalue weighted by Crippen LogP contribution is 2.28. The normalized spacial score (nSPS) is 17.6. The van der Waals surface area contributed by atoms with Crippen molar-refractivity contribution in [3.8, 4) is 0 Å². The van der Waals surface area contributed by atoms with E-state index in [0.29, 0.717) is 12.3 Å². The minimum Gasteiger partial charge on any atom is -0.370 e. The Morgan fingerprint density at radius 3 is 2.62 bits per heavy atom. The van der Waals surface area contributed by atoms with Gasteiger partial charge in [-0.3, -0.25) is 4.79 Å². The Bertz CT molecular complexity index is 478. The molecule has 1 aliphatic carbocycles. The first kappa shape index (κ1) is 16.0. The molecule has 0 aromatic heterocycles. The summed E-state index contributed by atoms with van der Waals surface area (Å²) in [6, 6.07) is 6.76. The van der Waals surface area contributed by atoms with Crippen LogP contribution in [0.5, 0.6) is 0 Å². The molecule has 116 valence electrons. The van der Waals surface area contributed by atoms with Crippen molar-refractivity contribution in [1.82, 2.24) is 5.32 Å². The van der Waals surface area contributed by atoms with Crippen molar-refractivity contribution in [2.75, 3.05) is 0 Å². The second-order valence-corrected chi connectivity index (χ2v) is 6.49. The summed E-state index contributed by atoms with van der Waals surface area (Å²) in [4.78, 5) is 11.4. The van der Waals surface area contributed by atoms with E-state index in [1.165, 1.54) is 48.8 Å². The molecule has 0 bridgehead atoms. The van der Waals surface area contributed by atoms with Crippen LogP contribution in [0.3, 0.4) is 0 Å². The van der Waals surface area contributed by atoms with Gasteiger partial charge in [-0.25, -0.2) is 0 Å². The minimum absolute atomic E-state index is 0.196. The Balaban J connectivity index is 1.98. The van der Waals surface area contributed by atoms with Gasteiger partial charge in [0.2, 0.25) is 5.91 Å². The van der Waals surface area contributed by atoms with Crippen molar-refractivity contribution in [2.45, 2.75) is 65.0 Å². The van der Waals surface area contributed by atoms with Crippen molar-refractivity contribution in [3.63, 3.8) is 0 Å². The maximum atomic E-state index is 11.4. The van der Waals surface area contributed by atoms with E-state index in [-0.39, 0.29) is 11.9 Å². The molecular weight excluding hydrogens is 260 g/mol. The van der Waals surface area contributed by atoms with Crippen LogP contribution in [0.15, 0.2) is 18.2 Å². The molecule has 1 atom stereocenters. The summed E-state index contributed by atoms with van der Waals surface area (Å²) < 4.78 is 0. The molecule has 3 nitrogen and oxygen atoms in total. The fraction of sp³-hybridized carbons (Fsp3) is 0.611. The van der Waals surface area contributed by atoms with Gasteiger partial charge in [0.1, 0.15) is 0 Å². The zero-order chi connectivity index (χ0) is 15.2. The first-order valence-corrected chi connectivity index (χ1v) is 8.14. The molecule has 0 saturated heterocycles. The number of nitrogens with one attached hydrogen (secondary N) is 1. The Kier molecular flexibility index (Phi) is 5.80. The van der Waals surface area contributed by atoms with Crippen LogP contribution in [0, 0.1) is 19.8 Å². The summed E-state index contributed by atoms with van der Waals surface area (Å²) in [6.07, 6.45) is 6.79. The standard InChI is InChI=1S/C18H28N2O/c1-13-8-9-16(14(2)10-13)12-20-17(11-18(19)21)15-6-4-3-5-7-15/h8-10,15,17,20H,3-7,11-12H2,1-2H3,(H2,19,21)/t17-/m0/s1. The number of hydrogen-bond acceptors (Lipinski definition) is 2. The quantitative estimate of drug-likeness (QED) is 0.844. The molecule has 3 N–H and O–H groups in total. The fourth-order valence-corrected chi connectivity index (χ4v) is 3.44. The average Bonchev–Trinajstić information content (AvgIpc) is 2.45. The monoisotopic (exact) mass is 288 g/mol. The van der Waals surface area contributed by atoms with E-state index in [1.54, 1.807) is 0 Å². The topological polar surface area (TPSA) is 55.1 Å². The molecule has 21 heavy (non-hydrogen) atoms. The average molecular weight is 288 g/mol. The van der Waals surface area contributed by atoms with Gasteiger partial charge < -0.3 is 11.1 Å². The first-order valence-electron chi connectivity index (χ1n) is 8.14. The highest BCUT2D eigenvalue weighted by atomic mass is 16.1. The van der Waals surface area contributed by atoms with E-state index < -0.39 is 0 Å². The largest absolute Gasteiger partial charge is 0.370 e. The predicted molar refractivity (Wildman–Crippen MR) is 86.9 cm³/mol. The van der Waals surface area contributed by atoms with Gasteiger partial charge in [-0.1, -0.05) is 43.0 Å². The Labute approximate surface area is 128 Å². The van der Waals surface area contributed by atoms with E-state index >= 15 is 0 Å². The smallest absolute Gasteiger partial charge is 0.218 e. The van der Waals surface area contributed by atoms with Crippen molar-refractivity contribution in [2.24, 2.45) is 11.7 Å². The van der Waals surface area contributed by atoms with E-state index in [0.717, 1.165) is 6.54 Å². The molecule has 1 aliphatic rings. The summed E-state index contributed by atoms with van der Waals surface area (Å²) in [5.41, 5.74) is 9.35. The molecule has 1 amide bonds. The first-order chi connectivity index (χ1) is 10.1. The zero-order valence-electron chi connectivity index (χ0n) is 13.3. The number of aryl methyl sites for hydroxylation is 2. The lowest BCUT2D eigenvalue weighted by Crippen LogP contribution is -2.40. The lowest BCUT2D eigenvalue weighted by atomic mass is 9.82. The highest BCUT2D eigenvalue weighted by Gasteiger charge is 2.24. The second kappa shape index (κ2) is 7.60. The molecule has 1 aromatic rings. The molecule has 1 aromatic carbocycles. The third-order valence-electron chi connectivity index (χ3n) is 4.69. The molecule has 2 rings (SSSR count). The van der Waals surface area contributed by atoms with Gasteiger partial charge in [0.05, 0.1) is 0 Å². The summed E-state index contributed by atoms with van der Waals surface area (Å²) in [5.74, 6) is 0.399. The summed E-state index contributed by atoms with van der Waals surface area (Å²) >= 11 is 0. The molecule has 0 aliphatic heterocycles. The number of carbonyl (C=O) groups excluding carboxylic acids is 1. The van der Waals surface area contributed by atoms with Crippen LogP contribution in [0.2, 0.25) is 0 Å². The molecule has 1 saturated carbocycles. The van der Waals surface area contributed by atoms with E-state index in [2.05, 4.69) is 37.4 Å². The summed E-state index contributed by atoms with van der Waals surface area (Å²) in [6.45, 7) is 5.08. The maximum absolute atomic E-state index is 11.4. The number of amides is 1. The van der Waals surface area contributed by atoms with Crippen LogP contribution in [-0.2, 0) is 11.3 Å². The predicted octanol–water partition coefficient (Wildman–Crippen LogP) is 3.22. The second-order valence-electron chi connectivity index (χ2n) is 6.49. The zero-order valence-corrected chi connectivity index (χ0v) is 13.3. The molecule has 0 radical (unpaired) electrons. The number of hydrogen-bond donors (Lipinski definition) is 2. The molecule has 1 fully saturated rings. The number of nitrogens with two attached hydrogens (primary N) is 1. The van der Waals surface area contributed by atoms with Crippen molar-refractivity contribution in [1.29, 1.82) is 0 Å². The minimum atomic E-state index is -0.196. The summed E-state index contributed by atoms with van der Waals surface area (Å²) in [7, 11) is 0. The van der Waals surface area contributed by atoms with Crippen LogP contribution in [0.1, 0.15) is 55.2 Å². The lowest BCUT2D eigenvalue weighted by Gasteiger charge is -2.30. The fourth-order valence-electron chi connectivity index (χ4n) is 3.44. The van der Waals surface area contributed by atoms with Crippen LogP contribution in [-0.4, -0.2) is 11.9 Å². The van der Waals surface area contributed by atoms with Crippen LogP contribution < -0.4 is 11.1 Å². The van der Waals surface area contributed by atoms with Gasteiger partial charge >= 0.3 is 0 Å².